The number of carbonyl (C=O) groups excluding carboxylic acids is 1. The second-order valence-corrected chi connectivity index (χ2v) is 6.22. The fourth-order valence-electron chi connectivity index (χ4n) is 3.22. The van der Waals surface area contributed by atoms with Crippen LogP contribution in [0.4, 0.5) is 8.78 Å². The minimum atomic E-state index is -2.97. The van der Waals surface area contributed by atoms with Crippen LogP contribution in [0, 0.1) is 0 Å². The topological polar surface area (TPSA) is 74.0 Å². The molecule has 1 amide bonds. The molecular formula is C16H20F2N2O4. The van der Waals surface area contributed by atoms with Gasteiger partial charge in [0.1, 0.15) is 5.75 Å². The average molecular weight is 342 g/mol. The van der Waals surface area contributed by atoms with Crippen LogP contribution in [0.2, 0.25) is 0 Å². The number of amides is 1. The van der Waals surface area contributed by atoms with E-state index in [-0.39, 0.29) is 25.0 Å². The summed E-state index contributed by atoms with van der Waals surface area (Å²) < 4.78 is 40.3. The van der Waals surface area contributed by atoms with Crippen molar-refractivity contribution in [3.63, 3.8) is 0 Å². The Labute approximate surface area is 138 Å². The van der Waals surface area contributed by atoms with Crippen LogP contribution in [0.15, 0.2) is 12.1 Å². The number of hydrogen-bond acceptors (Lipinski definition) is 5. The summed E-state index contributed by atoms with van der Waals surface area (Å²) in [6, 6.07) is 2.91. The molecule has 8 heteroatoms. The van der Waals surface area contributed by atoms with Gasteiger partial charge in [-0.15, -0.1) is 0 Å². The highest BCUT2D eigenvalue weighted by Gasteiger charge is 2.39. The molecule has 0 radical (unpaired) electrons. The maximum atomic E-state index is 12.7. The lowest BCUT2D eigenvalue weighted by Crippen LogP contribution is -2.52. The Balaban J connectivity index is 1.81. The minimum Gasteiger partial charge on any atom is -0.454 e. The number of ether oxygens (including phenoxy) is 3. The molecule has 0 saturated heterocycles. The second kappa shape index (κ2) is 6.43. The fourth-order valence-corrected chi connectivity index (χ4v) is 3.22. The van der Waals surface area contributed by atoms with Crippen LogP contribution in [0.1, 0.15) is 31.2 Å². The fraction of sp³-hybridized carbons (Fsp3) is 0.562. The van der Waals surface area contributed by atoms with Gasteiger partial charge in [-0.2, -0.15) is 8.78 Å². The monoisotopic (exact) mass is 342 g/mol. The highest BCUT2D eigenvalue weighted by molar-refractivity contribution is 5.86. The molecule has 1 aromatic rings. The Bertz CT molecular complexity index is 633. The summed E-state index contributed by atoms with van der Waals surface area (Å²) in [5.41, 5.74) is 5.73. The van der Waals surface area contributed by atoms with Crippen LogP contribution in [-0.4, -0.2) is 36.8 Å². The highest BCUT2D eigenvalue weighted by Crippen LogP contribution is 2.39. The molecule has 132 valence electrons. The first-order valence-electron chi connectivity index (χ1n) is 7.81. The Morgan fingerprint density at radius 2 is 1.96 bits per heavy atom. The predicted molar refractivity (Wildman–Crippen MR) is 81.1 cm³/mol. The smallest absolute Gasteiger partial charge is 0.387 e. The zero-order valence-electron chi connectivity index (χ0n) is 13.4. The molecule has 2 N–H and O–H groups in total. The van der Waals surface area contributed by atoms with Crippen molar-refractivity contribution in [3.05, 3.63) is 17.7 Å². The first-order chi connectivity index (χ1) is 11.4. The van der Waals surface area contributed by atoms with Crippen LogP contribution >= 0.6 is 0 Å². The van der Waals surface area contributed by atoms with Crippen molar-refractivity contribution in [2.75, 3.05) is 13.8 Å². The molecule has 0 bridgehead atoms. The third-order valence-corrected chi connectivity index (χ3v) is 4.45. The summed E-state index contributed by atoms with van der Waals surface area (Å²) in [6.45, 7) is -2.86. The number of nitrogens with zero attached hydrogens (tertiary/aromatic N) is 1. The number of alkyl halides is 2. The molecule has 0 unspecified atom stereocenters. The zero-order valence-corrected chi connectivity index (χ0v) is 13.4. The number of nitrogens with two attached hydrogens (primary N) is 1. The van der Waals surface area contributed by atoms with Gasteiger partial charge in [-0.3, -0.25) is 4.79 Å². The minimum absolute atomic E-state index is 0.0214. The molecule has 1 saturated carbocycles. The van der Waals surface area contributed by atoms with Crippen molar-refractivity contribution < 1.29 is 27.8 Å². The normalized spacial score (nSPS) is 18.0. The lowest BCUT2D eigenvalue weighted by atomic mass is 9.97. The van der Waals surface area contributed by atoms with Crippen molar-refractivity contribution in [2.24, 2.45) is 5.73 Å². The lowest BCUT2D eigenvalue weighted by Gasteiger charge is -2.29. The number of benzene rings is 1. The Morgan fingerprint density at radius 3 is 2.58 bits per heavy atom. The summed E-state index contributed by atoms with van der Waals surface area (Å²) in [5.74, 6) is 0.553. The molecular weight excluding hydrogens is 322 g/mol. The Kier molecular flexibility index (Phi) is 4.49. The molecule has 0 atom stereocenters. The van der Waals surface area contributed by atoms with Crippen molar-refractivity contribution in [1.82, 2.24) is 4.90 Å². The Morgan fingerprint density at radius 1 is 1.33 bits per heavy atom. The van der Waals surface area contributed by atoms with E-state index in [4.69, 9.17) is 15.2 Å². The van der Waals surface area contributed by atoms with E-state index in [1.54, 1.807) is 13.1 Å². The number of likely N-dealkylation sites (N-methyl/N-ethyl adjacent to an activating group) is 1. The lowest BCUT2D eigenvalue weighted by molar-refractivity contribution is -0.136. The Hall–Kier alpha value is -2.09. The van der Waals surface area contributed by atoms with Crippen LogP contribution in [0.3, 0.4) is 0 Å². The summed E-state index contributed by atoms with van der Waals surface area (Å²) in [5, 5.41) is 0. The van der Waals surface area contributed by atoms with E-state index in [9.17, 15) is 13.6 Å². The number of halogens is 2. The van der Waals surface area contributed by atoms with Crippen molar-refractivity contribution in [3.8, 4) is 17.2 Å². The van der Waals surface area contributed by atoms with Gasteiger partial charge < -0.3 is 24.8 Å². The van der Waals surface area contributed by atoms with Gasteiger partial charge in [0.15, 0.2) is 11.5 Å². The quantitative estimate of drug-likeness (QED) is 0.888. The third-order valence-electron chi connectivity index (χ3n) is 4.45. The van der Waals surface area contributed by atoms with Gasteiger partial charge in [0.05, 0.1) is 5.54 Å². The maximum absolute atomic E-state index is 12.7. The van der Waals surface area contributed by atoms with E-state index in [1.165, 1.54) is 11.0 Å². The van der Waals surface area contributed by atoms with Crippen LogP contribution in [0.5, 0.6) is 17.2 Å². The molecule has 0 aromatic heterocycles. The van der Waals surface area contributed by atoms with Gasteiger partial charge in [-0.25, -0.2) is 0 Å². The maximum Gasteiger partial charge on any atom is 0.387 e. The van der Waals surface area contributed by atoms with E-state index in [0.717, 1.165) is 12.8 Å². The summed E-state index contributed by atoms with van der Waals surface area (Å²) in [7, 11) is 1.60. The summed E-state index contributed by atoms with van der Waals surface area (Å²) in [4.78, 5) is 14.0. The van der Waals surface area contributed by atoms with E-state index >= 15 is 0 Å². The van der Waals surface area contributed by atoms with Gasteiger partial charge in [-0.05, 0) is 18.9 Å². The molecule has 1 aliphatic carbocycles. The average Bonchev–Trinajstić information content (AvgIpc) is 3.15. The third kappa shape index (κ3) is 3.24. The van der Waals surface area contributed by atoms with Crippen molar-refractivity contribution in [2.45, 2.75) is 44.4 Å². The number of hydrogen-bond donors (Lipinski definition) is 1. The van der Waals surface area contributed by atoms with Crippen LogP contribution in [-0.2, 0) is 11.3 Å². The van der Waals surface area contributed by atoms with Gasteiger partial charge in [-0.1, -0.05) is 12.8 Å². The standard InChI is InChI=1S/C16H20F2N2O4/c1-20(14(21)16(19)4-2-3-5-16)8-10-6-12-13(23-9-22-12)7-11(10)24-15(17)18/h6-7,15H,2-5,8-9,19H2,1H3. The van der Waals surface area contributed by atoms with Crippen molar-refractivity contribution in [1.29, 1.82) is 0 Å². The largest absolute Gasteiger partial charge is 0.454 e. The van der Waals surface area contributed by atoms with E-state index in [2.05, 4.69) is 4.74 Å². The van der Waals surface area contributed by atoms with E-state index in [1.807, 2.05) is 0 Å². The summed E-state index contributed by atoms with van der Waals surface area (Å²) >= 11 is 0. The van der Waals surface area contributed by atoms with E-state index < -0.39 is 12.2 Å². The van der Waals surface area contributed by atoms with Gasteiger partial charge in [0, 0.05) is 25.2 Å². The second-order valence-electron chi connectivity index (χ2n) is 6.22. The molecule has 0 spiro atoms. The van der Waals surface area contributed by atoms with Crippen LogP contribution in [0.25, 0.3) is 0 Å². The molecule has 6 nitrogen and oxygen atoms in total. The molecule has 2 aliphatic rings. The van der Waals surface area contributed by atoms with Gasteiger partial charge >= 0.3 is 6.61 Å². The summed E-state index contributed by atoms with van der Waals surface area (Å²) in [6.07, 6.45) is 3.11. The first kappa shape index (κ1) is 16.8. The molecule has 3 rings (SSSR count). The number of carbonyl (C=O) groups is 1. The highest BCUT2D eigenvalue weighted by atomic mass is 19.3. The first-order valence-corrected chi connectivity index (χ1v) is 7.81. The SMILES string of the molecule is CN(Cc1cc2c(cc1OC(F)F)OCO2)C(=O)C1(N)CCCC1. The molecule has 24 heavy (non-hydrogen) atoms. The molecule has 1 aromatic carbocycles. The number of rotatable bonds is 5. The van der Waals surface area contributed by atoms with Crippen LogP contribution < -0.4 is 19.9 Å². The molecule has 1 aliphatic heterocycles. The predicted octanol–water partition coefficient (Wildman–Crippen LogP) is 2.25. The van der Waals surface area contributed by atoms with E-state index in [0.29, 0.717) is 29.9 Å². The molecule has 1 fully saturated rings. The number of fused-ring (bicyclic) bond motifs is 1. The molecule has 1 heterocycles. The van der Waals surface area contributed by atoms with Crippen molar-refractivity contribution >= 4 is 5.91 Å². The zero-order chi connectivity index (χ0) is 17.3. The van der Waals surface area contributed by atoms with Gasteiger partial charge in [0.2, 0.25) is 12.7 Å². The van der Waals surface area contributed by atoms with Gasteiger partial charge in [0.25, 0.3) is 0 Å².